The van der Waals surface area contributed by atoms with Crippen molar-refractivity contribution < 1.29 is 0 Å². The first kappa shape index (κ1) is 10.9. The minimum absolute atomic E-state index is 0.120. The van der Waals surface area contributed by atoms with Gasteiger partial charge in [-0.05, 0) is 17.5 Å². The number of H-pyrrole nitrogens is 1. The van der Waals surface area contributed by atoms with Crippen molar-refractivity contribution in [3.63, 3.8) is 0 Å². The second kappa shape index (κ2) is 4.23. The van der Waals surface area contributed by atoms with Crippen molar-refractivity contribution in [3.05, 3.63) is 62.4 Å². The summed E-state index contributed by atoms with van der Waals surface area (Å²) in [4.78, 5) is 30.4. The molecule has 0 amide bonds. The molecule has 5 nitrogen and oxygen atoms in total. The van der Waals surface area contributed by atoms with Gasteiger partial charge in [-0.1, -0.05) is 6.07 Å². The maximum atomic E-state index is 11.8. The van der Waals surface area contributed by atoms with E-state index in [1.54, 1.807) is 24.4 Å². The van der Waals surface area contributed by atoms with E-state index in [-0.39, 0.29) is 17.7 Å². The molecule has 3 heterocycles. The van der Waals surface area contributed by atoms with Gasteiger partial charge in [0.05, 0.1) is 12.1 Å². The summed E-state index contributed by atoms with van der Waals surface area (Å²) in [5, 5.41) is 1.82. The molecule has 0 radical (unpaired) electrons. The first-order valence-electron chi connectivity index (χ1n) is 5.36. The highest BCUT2D eigenvalue weighted by Gasteiger charge is 2.05. The van der Waals surface area contributed by atoms with Gasteiger partial charge in [0.25, 0.3) is 11.1 Å². The fraction of sp³-hybridized carbons (Fsp3) is 0.0833. The minimum Gasteiger partial charge on any atom is -0.308 e. The molecule has 0 atom stereocenters. The molecule has 0 aromatic carbocycles. The smallest absolute Gasteiger partial charge is 0.268 e. The Morgan fingerprint density at radius 3 is 3.00 bits per heavy atom. The molecule has 0 aliphatic heterocycles. The summed E-state index contributed by atoms with van der Waals surface area (Å²) in [7, 11) is 0. The highest BCUT2D eigenvalue weighted by molar-refractivity contribution is 7.17. The minimum atomic E-state index is -0.158. The standard InChI is InChI=1S/C12H9N3O2S/c16-10-3-1-2-5-15(10)7-9-13-8-4-6-18-11(8)12(17)14-9/h1-6H,7H2,(H,13,14,17). The predicted molar refractivity (Wildman–Crippen MR) is 70.0 cm³/mol. The molecular weight excluding hydrogens is 250 g/mol. The Balaban J connectivity index is 2.08. The van der Waals surface area contributed by atoms with Crippen molar-refractivity contribution in [2.45, 2.75) is 6.54 Å². The number of aromatic amines is 1. The summed E-state index contributed by atoms with van der Waals surface area (Å²) in [5.41, 5.74) is 0.391. The second-order valence-electron chi connectivity index (χ2n) is 3.81. The number of thiophene rings is 1. The van der Waals surface area contributed by atoms with Crippen LogP contribution < -0.4 is 11.1 Å². The molecule has 0 unspecified atom stereocenters. The number of rotatable bonds is 2. The molecule has 0 bridgehead atoms. The first-order valence-corrected chi connectivity index (χ1v) is 6.24. The van der Waals surface area contributed by atoms with Crippen molar-refractivity contribution >= 4 is 21.6 Å². The molecule has 0 aliphatic carbocycles. The predicted octanol–water partition coefficient (Wildman–Crippen LogP) is 1.19. The number of hydrogen-bond acceptors (Lipinski definition) is 4. The van der Waals surface area contributed by atoms with E-state index in [9.17, 15) is 9.59 Å². The molecule has 6 heteroatoms. The molecule has 3 aromatic rings. The van der Waals surface area contributed by atoms with Crippen LogP contribution in [0.3, 0.4) is 0 Å². The average Bonchev–Trinajstić information content (AvgIpc) is 2.81. The van der Waals surface area contributed by atoms with Crippen LogP contribution in [-0.4, -0.2) is 14.5 Å². The number of fused-ring (bicyclic) bond motifs is 1. The largest absolute Gasteiger partial charge is 0.308 e. The Kier molecular flexibility index (Phi) is 2.56. The monoisotopic (exact) mass is 259 g/mol. The van der Waals surface area contributed by atoms with Crippen molar-refractivity contribution in [2.75, 3.05) is 0 Å². The highest BCUT2D eigenvalue weighted by atomic mass is 32.1. The molecule has 3 rings (SSSR count). The SMILES string of the molecule is O=c1[nH]c(Cn2ccccc2=O)nc2ccsc12. The topological polar surface area (TPSA) is 67.8 Å². The molecule has 0 aliphatic rings. The zero-order valence-corrected chi connectivity index (χ0v) is 10.1. The van der Waals surface area contributed by atoms with Crippen LogP contribution in [0.4, 0.5) is 0 Å². The summed E-state index contributed by atoms with van der Waals surface area (Å²) >= 11 is 1.36. The third-order valence-electron chi connectivity index (χ3n) is 2.58. The van der Waals surface area contributed by atoms with Gasteiger partial charge in [-0.15, -0.1) is 11.3 Å². The van der Waals surface area contributed by atoms with E-state index in [2.05, 4.69) is 9.97 Å². The lowest BCUT2D eigenvalue weighted by atomic mass is 10.4. The van der Waals surface area contributed by atoms with E-state index in [1.165, 1.54) is 22.0 Å². The van der Waals surface area contributed by atoms with Crippen LogP contribution in [0.5, 0.6) is 0 Å². The zero-order chi connectivity index (χ0) is 12.5. The van der Waals surface area contributed by atoms with E-state index >= 15 is 0 Å². The third-order valence-corrected chi connectivity index (χ3v) is 3.49. The highest BCUT2D eigenvalue weighted by Crippen LogP contribution is 2.13. The van der Waals surface area contributed by atoms with Gasteiger partial charge in [-0.3, -0.25) is 9.59 Å². The van der Waals surface area contributed by atoms with Crippen LogP contribution in [0, 0.1) is 0 Å². The fourth-order valence-corrected chi connectivity index (χ4v) is 2.47. The van der Waals surface area contributed by atoms with Crippen LogP contribution in [-0.2, 0) is 6.54 Å². The van der Waals surface area contributed by atoms with Gasteiger partial charge in [-0.2, -0.15) is 0 Å². The molecule has 1 N–H and O–H groups in total. The normalized spacial score (nSPS) is 10.9. The summed E-state index contributed by atoms with van der Waals surface area (Å²) in [5.74, 6) is 0.485. The van der Waals surface area contributed by atoms with Crippen molar-refractivity contribution in [1.82, 2.24) is 14.5 Å². The number of pyridine rings is 1. The van der Waals surface area contributed by atoms with E-state index in [4.69, 9.17) is 0 Å². The second-order valence-corrected chi connectivity index (χ2v) is 4.73. The van der Waals surface area contributed by atoms with Crippen LogP contribution in [0.15, 0.2) is 45.4 Å². The molecule has 0 saturated carbocycles. The fourth-order valence-electron chi connectivity index (χ4n) is 1.75. The van der Waals surface area contributed by atoms with Crippen LogP contribution >= 0.6 is 11.3 Å². The van der Waals surface area contributed by atoms with Crippen molar-refractivity contribution in [2.24, 2.45) is 0 Å². The van der Waals surface area contributed by atoms with Crippen LogP contribution in [0.2, 0.25) is 0 Å². The van der Waals surface area contributed by atoms with Gasteiger partial charge in [0.1, 0.15) is 10.5 Å². The van der Waals surface area contributed by atoms with E-state index in [1.807, 2.05) is 5.38 Å². The lowest BCUT2D eigenvalue weighted by Gasteiger charge is -2.04. The molecule has 3 aromatic heterocycles. The van der Waals surface area contributed by atoms with Gasteiger partial charge < -0.3 is 9.55 Å². The van der Waals surface area contributed by atoms with Gasteiger partial charge >= 0.3 is 0 Å². The van der Waals surface area contributed by atoms with E-state index in [0.717, 1.165) is 0 Å². The molecule has 0 fully saturated rings. The van der Waals surface area contributed by atoms with Crippen LogP contribution in [0.1, 0.15) is 5.82 Å². The maximum absolute atomic E-state index is 11.8. The summed E-state index contributed by atoms with van der Waals surface area (Å²) in [6.07, 6.45) is 1.67. The molecule has 0 spiro atoms. The molecule has 18 heavy (non-hydrogen) atoms. The number of aromatic nitrogens is 3. The van der Waals surface area contributed by atoms with Gasteiger partial charge in [0.2, 0.25) is 0 Å². The molecule has 0 saturated heterocycles. The molecule has 90 valence electrons. The van der Waals surface area contributed by atoms with E-state index in [0.29, 0.717) is 16.0 Å². The van der Waals surface area contributed by atoms with Crippen LogP contribution in [0.25, 0.3) is 10.2 Å². The molecular formula is C12H9N3O2S. The lowest BCUT2D eigenvalue weighted by molar-refractivity contribution is 0.716. The first-order chi connectivity index (χ1) is 8.74. The Hall–Kier alpha value is -2.21. The van der Waals surface area contributed by atoms with Gasteiger partial charge in [0.15, 0.2) is 0 Å². The Morgan fingerprint density at radius 1 is 1.28 bits per heavy atom. The van der Waals surface area contributed by atoms with Gasteiger partial charge in [-0.25, -0.2) is 4.98 Å². The van der Waals surface area contributed by atoms with Crippen molar-refractivity contribution in [1.29, 1.82) is 0 Å². The number of nitrogens with one attached hydrogen (secondary N) is 1. The summed E-state index contributed by atoms with van der Waals surface area (Å²) in [6, 6.07) is 6.72. The number of hydrogen-bond donors (Lipinski definition) is 1. The number of nitrogens with zero attached hydrogens (tertiary/aromatic N) is 2. The zero-order valence-electron chi connectivity index (χ0n) is 9.29. The summed E-state index contributed by atoms with van der Waals surface area (Å²) in [6.45, 7) is 0.265. The lowest BCUT2D eigenvalue weighted by Crippen LogP contribution is -2.21. The summed E-state index contributed by atoms with van der Waals surface area (Å²) < 4.78 is 2.11. The Labute approximate surface area is 105 Å². The van der Waals surface area contributed by atoms with Gasteiger partial charge in [0, 0.05) is 12.3 Å². The average molecular weight is 259 g/mol. The van der Waals surface area contributed by atoms with Crippen molar-refractivity contribution in [3.8, 4) is 0 Å². The third kappa shape index (κ3) is 1.86. The maximum Gasteiger partial charge on any atom is 0.268 e. The Bertz CT molecular complexity index is 816. The quantitative estimate of drug-likeness (QED) is 0.751. The Morgan fingerprint density at radius 2 is 2.17 bits per heavy atom. The van der Waals surface area contributed by atoms with E-state index < -0.39 is 0 Å².